The number of nitrogens with zero attached hydrogens (tertiary/aromatic N) is 3. The number of nitrogens with one attached hydrogen (secondary N) is 1. The van der Waals surface area contributed by atoms with E-state index in [0.29, 0.717) is 11.3 Å². The lowest BCUT2D eigenvalue weighted by Gasteiger charge is -2.07. The molecule has 1 amide bonds. The summed E-state index contributed by atoms with van der Waals surface area (Å²) in [6, 6.07) is 13.2. The fraction of sp³-hybridized carbons (Fsp3) is 0.111. The Morgan fingerprint density at radius 2 is 1.96 bits per heavy atom. The SMILES string of the molecule is O=C(NCc1cccc(OC(F)F)c1)c1ccn(-c2ccc([N+](=O)[O-])cc2)n1. The molecule has 1 aromatic heterocycles. The Balaban J connectivity index is 1.63. The van der Waals surface area contributed by atoms with E-state index < -0.39 is 17.4 Å². The van der Waals surface area contributed by atoms with Crippen LogP contribution in [0.4, 0.5) is 14.5 Å². The molecule has 2 aromatic carbocycles. The first-order valence-electron chi connectivity index (χ1n) is 8.05. The molecule has 1 heterocycles. The molecule has 1 N–H and O–H groups in total. The molecule has 3 rings (SSSR count). The van der Waals surface area contributed by atoms with Gasteiger partial charge >= 0.3 is 6.61 Å². The lowest BCUT2D eigenvalue weighted by Crippen LogP contribution is -2.23. The lowest BCUT2D eigenvalue weighted by molar-refractivity contribution is -0.384. The molecular weight excluding hydrogens is 374 g/mol. The van der Waals surface area contributed by atoms with Crippen LogP contribution in [0, 0.1) is 10.1 Å². The molecule has 0 fully saturated rings. The van der Waals surface area contributed by atoms with Gasteiger partial charge in [-0.1, -0.05) is 12.1 Å². The summed E-state index contributed by atoms with van der Waals surface area (Å²) in [5.74, 6) is -0.454. The van der Waals surface area contributed by atoms with Crippen LogP contribution < -0.4 is 10.1 Å². The third kappa shape index (κ3) is 4.67. The van der Waals surface area contributed by atoms with Crippen molar-refractivity contribution < 1.29 is 23.2 Å². The summed E-state index contributed by atoms with van der Waals surface area (Å²) in [5, 5.41) is 17.5. The molecule has 144 valence electrons. The first kappa shape index (κ1) is 19.0. The molecule has 3 aromatic rings. The second kappa shape index (κ2) is 8.25. The molecule has 10 heteroatoms. The summed E-state index contributed by atoms with van der Waals surface area (Å²) in [6.45, 7) is -2.82. The van der Waals surface area contributed by atoms with Crippen molar-refractivity contribution in [1.82, 2.24) is 15.1 Å². The van der Waals surface area contributed by atoms with Gasteiger partial charge in [-0.15, -0.1) is 0 Å². The van der Waals surface area contributed by atoms with E-state index in [4.69, 9.17) is 0 Å². The van der Waals surface area contributed by atoms with Gasteiger partial charge in [-0.25, -0.2) is 4.68 Å². The normalized spacial score (nSPS) is 10.7. The predicted octanol–water partition coefficient (Wildman–Crippen LogP) is 3.31. The van der Waals surface area contributed by atoms with E-state index in [1.165, 1.54) is 47.1 Å². The van der Waals surface area contributed by atoms with Crippen molar-refractivity contribution in [3.8, 4) is 11.4 Å². The van der Waals surface area contributed by atoms with E-state index in [-0.39, 0.29) is 23.7 Å². The van der Waals surface area contributed by atoms with Crippen molar-refractivity contribution >= 4 is 11.6 Å². The summed E-state index contributed by atoms with van der Waals surface area (Å²) >= 11 is 0. The summed E-state index contributed by atoms with van der Waals surface area (Å²) in [6.07, 6.45) is 1.55. The Bertz CT molecular complexity index is 989. The number of non-ortho nitro benzene ring substituents is 1. The number of amides is 1. The van der Waals surface area contributed by atoms with Crippen molar-refractivity contribution in [2.45, 2.75) is 13.2 Å². The van der Waals surface area contributed by atoms with Crippen molar-refractivity contribution in [1.29, 1.82) is 0 Å². The Morgan fingerprint density at radius 3 is 2.64 bits per heavy atom. The third-order valence-corrected chi connectivity index (χ3v) is 3.72. The molecule has 0 unspecified atom stereocenters. The number of halogens is 2. The fourth-order valence-electron chi connectivity index (χ4n) is 2.42. The van der Waals surface area contributed by atoms with Crippen molar-refractivity contribution in [3.63, 3.8) is 0 Å². The average molecular weight is 388 g/mol. The van der Waals surface area contributed by atoms with Crippen LogP contribution in [0.3, 0.4) is 0 Å². The quantitative estimate of drug-likeness (QED) is 0.494. The molecule has 28 heavy (non-hydrogen) atoms. The number of carbonyl (C=O) groups excluding carboxylic acids is 1. The highest BCUT2D eigenvalue weighted by Crippen LogP contribution is 2.17. The second-order valence-corrected chi connectivity index (χ2v) is 5.63. The topological polar surface area (TPSA) is 99.3 Å². The van der Waals surface area contributed by atoms with Gasteiger partial charge in [-0.3, -0.25) is 14.9 Å². The zero-order valence-corrected chi connectivity index (χ0v) is 14.3. The highest BCUT2D eigenvalue weighted by Gasteiger charge is 2.12. The van der Waals surface area contributed by atoms with Crippen LogP contribution in [0.2, 0.25) is 0 Å². The summed E-state index contributed by atoms with van der Waals surface area (Å²) in [4.78, 5) is 22.4. The van der Waals surface area contributed by atoms with E-state index in [0.717, 1.165) is 0 Å². The number of nitro benzene ring substituents is 1. The number of nitro groups is 1. The number of hydrogen-bond donors (Lipinski definition) is 1. The molecule has 0 aliphatic heterocycles. The molecule has 0 radical (unpaired) electrons. The van der Waals surface area contributed by atoms with Crippen molar-refractivity contribution in [2.24, 2.45) is 0 Å². The van der Waals surface area contributed by atoms with Crippen LogP contribution in [-0.2, 0) is 6.54 Å². The molecule has 8 nitrogen and oxygen atoms in total. The van der Waals surface area contributed by atoms with E-state index in [1.807, 2.05) is 0 Å². The Hall–Kier alpha value is -3.82. The first-order valence-corrected chi connectivity index (χ1v) is 8.05. The number of ether oxygens (including phenoxy) is 1. The summed E-state index contributed by atoms with van der Waals surface area (Å²) < 4.78 is 30.2. The van der Waals surface area contributed by atoms with Crippen LogP contribution in [-0.4, -0.2) is 27.2 Å². The van der Waals surface area contributed by atoms with Gasteiger partial charge in [0.25, 0.3) is 11.6 Å². The van der Waals surface area contributed by atoms with Crippen LogP contribution in [0.25, 0.3) is 5.69 Å². The zero-order valence-electron chi connectivity index (χ0n) is 14.3. The third-order valence-electron chi connectivity index (χ3n) is 3.72. The van der Waals surface area contributed by atoms with Gasteiger partial charge in [-0.05, 0) is 35.9 Å². The largest absolute Gasteiger partial charge is 0.435 e. The van der Waals surface area contributed by atoms with Crippen molar-refractivity contribution in [3.05, 3.63) is 82.2 Å². The molecule has 0 aliphatic rings. The average Bonchev–Trinajstić information content (AvgIpc) is 3.16. The molecule has 0 aliphatic carbocycles. The minimum atomic E-state index is -2.92. The summed E-state index contributed by atoms with van der Waals surface area (Å²) in [7, 11) is 0. The lowest BCUT2D eigenvalue weighted by atomic mass is 10.2. The van der Waals surface area contributed by atoms with E-state index in [9.17, 15) is 23.7 Å². The highest BCUT2D eigenvalue weighted by molar-refractivity contribution is 5.92. The fourth-order valence-corrected chi connectivity index (χ4v) is 2.42. The molecule has 0 saturated carbocycles. The maximum absolute atomic E-state index is 12.3. The minimum Gasteiger partial charge on any atom is -0.435 e. The van der Waals surface area contributed by atoms with Gasteiger partial charge in [0.05, 0.1) is 10.6 Å². The number of alkyl halides is 2. The Labute approximate surface area is 157 Å². The Kier molecular flexibility index (Phi) is 5.58. The van der Waals surface area contributed by atoms with Crippen LogP contribution >= 0.6 is 0 Å². The van der Waals surface area contributed by atoms with Gasteiger partial charge < -0.3 is 10.1 Å². The maximum Gasteiger partial charge on any atom is 0.387 e. The molecular formula is C18H14F2N4O4. The number of carbonyl (C=O) groups is 1. The first-order chi connectivity index (χ1) is 13.4. The van der Waals surface area contributed by atoms with Gasteiger partial charge in [0, 0.05) is 24.9 Å². The maximum atomic E-state index is 12.3. The predicted molar refractivity (Wildman–Crippen MR) is 94.5 cm³/mol. The number of hydrogen-bond acceptors (Lipinski definition) is 5. The standard InChI is InChI=1S/C18H14F2N4O4/c19-18(20)28-15-3-1-2-12(10-15)11-21-17(25)16-8-9-23(22-16)13-4-6-14(7-5-13)24(26)27/h1-10,18H,11H2,(H,21,25). The van der Waals surface area contributed by atoms with E-state index in [2.05, 4.69) is 15.2 Å². The van der Waals surface area contributed by atoms with Gasteiger partial charge in [0.15, 0.2) is 5.69 Å². The van der Waals surface area contributed by atoms with E-state index in [1.54, 1.807) is 18.3 Å². The number of rotatable bonds is 7. The second-order valence-electron chi connectivity index (χ2n) is 5.63. The molecule has 0 bridgehead atoms. The Morgan fingerprint density at radius 1 is 1.21 bits per heavy atom. The van der Waals surface area contributed by atoms with Gasteiger partial charge in [-0.2, -0.15) is 13.9 Å². The molecule has 0 spiro atoms. The van der Waals surface area contributed by atoms with Gasteiger partial charge in [0.1, 0.15) is 5.75 Å². The number of benzene rings is 2. The number of aromatic nitrogens is 2. The molecule has 0 saturated heterocycles. The smallest absolute Gasteiger partial charge is 0.387 e. The van der Waals surface area contributed by atoms with Gasteiger partial charge in [0.2, 0.25) is 0 Å². The minimum absolute atomic E-state index is 0.00389. The van der Waals surface area contributed by atoms with Crippen LogP contribution in [0.15, 0.2) is 60.8 Å². The zero-order chi connectivity index (χ0) is 20.1. The molecule has 0 atom stereocenters. The highest BCUT2D eigenvalue weighted by atomic mass is 19.3. The monoisotopic (exact) mass is 388 g/mol. The van der Waals surface area contributed by atoms with Crippen LogP contribution in [0.5, 0.6) is 5.75 Å². The van der Waals surface area contributed by atoms with E-state index >= 15 is 0 Å². The van der Waals surface area contributed by atoms with Crippen molar-refractivity contribution in [2.75, 3.05) is 0 Å². The van der Waals surface area contributed by atoms with Crippen LogP contribution in [0.1, 0.15) is 16.1 Å². The summed E-state index contributed by atoms with van der Waals surface area (Å²) in [5.41, 5.74) is 1.23.